The van der Waals surface area contributed by atoms with Gasteiger partial charge in [0.25, 0.3) is 0 Å². The lowest BCUT2D eigenvalue weighted by molar-refractivity contribution is -0.124. The van der Waals surface area contributed by atoms with E-state index in [2.05, 4.69) is 10.6 Å². The molecule has 98 valence electrons. The molecule has 1 aliphatic carbocycles. The molecule has 0 radical (unpaired) electrons. The van der Waals surface area contributed by atoms with E-state index >= 15 is 0 Å². The van der Waals surface area contributed by atoms with Gasteiger partial charge in [0, 0.05) is 13.7 Å². The molecule has 5 heteroatoms. The molecule has 0 bridgehead atoms. The van der Waals surface area contributed by atoms with Crippen molar-refractivity contribution < 1.29 is 14.6 Å². The predicted octanol–water partition coefficient (Wildman–Crippen LogP) is -0.217. The number of nitrogens with one attached hydrogen (secondary N) is 2. The van der Waals surface area contributed by atoms with Gasteiger partial charge in [0.15, 0.2) is 0 Å². The Kier molecular flexibility index (Phi) is 4.36. The van der Waals surface area contributed by atoms with E-state index in [9.17, 15) is 9.90 Å². The second-order valence-corrected chi connectivity index (χ2v) is 5.02. The summed E-state index contributed by atoms with van der Waals surface area (Å²) in [6.07, 6.45) is 4.28. The summed E-state index contributed by atoms with van der Waals surface area (Å²) in [4.78, 5) is 12.0. The molecule has 0 spiro atoms. The van der Waals surface area contributed by atoms with Gasteiger partial charge in [-0.3, -0.25) is 4.79 Å². The molecule has 0 aromatic rings. The van der Waals surface area contributed by atoms with Crippen molar-refractivity contribution in [1.82, 2.24) is 10.6 Å². The molecule has 1 amide bonds. The lowest BCUT2D eigenvalue weighted by Crippen LogP contribution is -2.50. The van der Waals surface area contributed by atoms with Gasteiger partial charge in [0.1, 0.15) is 0 Å². The number of methoxy groups -OCH3 is 1. The molecule has 3 N–H and O–H groups in total. The molecule has 2 unspecified atom stereocenters. The third-order valence-electron chi connectivity index (χ3n) is 3.80. The maximum Gasteiger partial charge on any atom is 0.237 e. The SMILES string of the molecule is COC1CNC(C(=O)N[C@H]2CCCC[C@@H]2O)C1. The number of carbonyl (C=O) groups excluding carboxylic acids is 1. The van der Waals surface area contributed by atoms with Gasteiger partial charge < -0.3 is 20.5 Å². The smallest absolute Gasteiger partial charge is 0.237 e. The third-order valence-corrected chi connectivity index (χ3v) is 3.80. The van der Waals surface area contributed by atoms with Gasteiger partial charge in [-0.15, -0.1) is 0 Å². The number of hydrogen-bond donors (Lipinski definition) is 3. The van der Waals surface area contributed by atoms with E-state index in [1.165, 1.54) is 0 Å². The van der Waals surface area contributed by atoms with Crippen LogP contribution in [0.25, 0.3) is 0 Å². The summed E-state index contributed by atoms with van der Waals surface area (Å²) in [6, 6.07) is -0.242. The zero-order valence-corrected chi connectivity index (χ0v) is 10.3. The summed E-state index contributed by atoms with van der Waals surface area (Å²) in [5.41, 5.74) is 0. The van der Waals surface area contributed by atoms with Crippen LogP contribution >= 0.6 is 0 Å². The largest absolute Gasteiger partial charge is 0.391 e. The molecular weight excluding hydrogens is 220 g/mol. The molecule has 4 atom stereocenters. The van der Waals surface area contributed by atoms with Crippen molar-refractivity contribution in [3.8, 4) is 0 Å². The molecule has 1 heterocycles. The highest BCUT2D eigenvalue weighted by molar-refractivity contribution is 5.82. The lowest BCUT2D eigenvalue weighted by atomic mass is 9.92. The summed E-state index contributed by atoms with van der Waals surface area (Å²) in [5, 5.41) is 15.9. The van der Waals surface area contributed by atoms with Crippen molar-refractivity contribution in [2.24, 2.45) is 0 Å². The number of aliphatic hydroxyl groups is 1. The topological polar surface area (TPSA) is 70.6 Å². The van der Waals surface area contributed by atoms with Gasteiger partial charge >= 0.3 is 0 Å². The van der Waals surface area contributed by atoms with Gasteiger partial charge in [-0.25, -0.2) is 0 Å². The fourth-order valence-electron chi connectivity index (χ4n) is 2.65. The van der Waals surface area contributed by atoms with E-state index in [0.717, 1.165) is 32.2 Å². The Morgan fingerprint density at radius 1 is 1.41 bits per heavy atom. The van der Waals surface area contributed by atoms with Gasteiger partial charge in [-0.1, -0.05) is 12.8 Å². The Bertz CT molecular complexity index is 272. The number of ether oxygens (including phenoxy) is 1. The molecular formula is C12H22N2O3. The molecule has 1 aliphatic heterocycles. The molecule has 5 nitrogen and oxygen atoms in total. The first-order chi connectivity index (χ1) is 8.20. The van der Waals surface area contributed by atoms with E-state index in [0.29, 0.717) is 6.42 Å². The lowest BCUT2D eigenvalue weighted by Gasteiger charge is -2.29. The van der Waals surface area contributed by atoms with E-state index in [1.54, 1.807) is 7.11 Å². The van der Waals surface area contributed by atoms with Gasteiger partial charge in [-0.2, -0.15) is 0 Å². The summed E-state index contributed by atoms with van der Waals surface area (Å²) in [7, 11) is 1.66. The van der Waals surface area contributed by atoms with E-state index in [1.807, 2.05) is 0 Å². The normalized spacial score (nSPS) is 38.0. The molecule has 2 aliphatic rings. The van der Waals surface area contributed by atoms with Gasteiger partial charge in [-0.05, 0) is 19.3 Å². The van der Waals surface area contributed by atoms with Crippen LogP contribution in [-0.4, -0.2) is 49.0 Å². The predicted molar refractivity (Wildman–Crippen MR) is 63.6 cm³/mol. The van der Waals surface area contributed by atoms with E-state index in [-0.39, 0.29) is 30.2 Å². The molecule has 2 fully saturated rings. The van der Waals surface area contributed by atoms with Crippen LogP contribution in [-0.2, 0) is 9.53 Å². The van der Waals surface area contributed by atoms with Gasteiger partial charge in [0.2, 0.25) is 5.91 Å². The van der Waals surface area contributed by atoms with Crippen LogP contribution in [0.4, 0.5) is 0 Å². The van der Waals surface area contributed by atoms with Gasteiger partial charge in [0.05, 0.1) is 24.3 Å². The van der Waals surface area contributed by atoms with Crippen LogP contribution in [0.2, 0.25) is 0 Å². The Balaban J connectivity index is 1.80. The highest BCUT2D eigenvalue weighted by atomic mass is 16.5. The van der Waals surface area contributed by atoms with Crippen LogP contribution in [0.3, 0.4) is 0 Å². The van der Waals surface area contributed by atoms with Crippen LogP contribution < -0.4 is 10.6 Å². The average Bonchev–Trinajstić information content (AvgIpc) is 2.81. The first-order valence-electron chi connectivity index (χ1n) is 6.45. The van der Waals surface area contributed by atoms with Crippen LogP contribution in [0.1, 0.15) is 32.1 Å². The molecule has 2 rings (SSSR count). The highest BCUT2D eigenvalue weighted by Crippen LogP contribution is 2.19. The average molecular weight is 242 g/mol. The third kappa shape index (κ3) is 3.18. The van der Waals surface area contributed by atoms with Crippen LogP contribution in [0.5, 0.6) is 0 Å². The zero-order valence-electron chi connectivity index (χ0n) is 10.3. The zero-order chi connectivity index (χ0) is 12.3. The maximum atomic E-state index is 12.0. The summed E-state index contributed by atoms with van der Waals surface area (Å²) >= 11 is 0. The van der Waals surface area contributed by atoms with Crippen molar-refractivity contribution in [2.45, 2.75) is 56.4 Å². The number of amides is 1. The Morgan fingerprint density at radius 3 is 2.82 bits per heavy atom. The second-order valence-electron chi connectivity index (χ2n) is 5.02. The maximum absolute atomic E-state index is 12.0. The standard InChI is InChI=1S/C12H22N2O3/c1-17-8-6-10(13-7-8)12(16)14-9-4-2-3-5-11(9)15/h8-11,13,15H,2-7H2,1H3,(H,14,16)/t8?,9-,10?,11-/m0/s1. The summed E-state index contributed by atoms with van der Waals surface area (Å²) in [5.74, 6) is -0.00417. The van der Waals surface area contributed by atoms with Crippen molar-refractivity contribution in [3.63, 3.8) is 0 Å². The monoisotopic (exact) mass is 242 g/mol. The van der Waals surface area contributed by atoms with Crippen molar-refractivity contribution in [1.29, 1.82) is 0 Å². The molecule has 17 heavy (non-hydrogen) atoms. The Hall–Kier alpha value is -0.650. The Labute approximate surface area is 102 Å². The summed E-state index contributed by atoms with van der Waals surface area (Å²) in [6.45, 7) is 0.724. The fraction of sp³-hybridized carbons (Fsp3) is 0.917. The van der Waals surface area contributed by atoms with Crippen molar-refractivity contribution >= 4 is 5.91 Å². The quantitative estimate of drug-likeness (QED) is 0.640. The summed E-state index contributed by atoms with van der Waals surface area (Å²) < 4.78 is 5.21. The molecule has 1 saturated heterocycles. The molecule has 0 aromatic heterocycles. The number of hydrogen-bond acceptors (Lipinski definition) is 4. The number of aliphatic hydroxyl groups excluding tert-OH is 1. The molecule has 0 aromatic carbocycles. The van der Waals surface area contributed by atoms with Crippen LogP contribution in [0, 0.1) is 0 Å². The van der Waals surface area contributed by atoms with Crippen molar-refractivity contribution in [3.05, 3.63) is 0 Å². The first kappa shape index (κ1) is 12.8. The first-order valence-corrected chi connectivity index (χ1v) is 6.45. The number of carbonyl (C=O) groups is 1. The Morgan fingerprint density at radius 2 is 2.18 bits per heavy atom. The minimum atomic E-state index is -0.382. The molecule has 1 saturated carbocycles. The highest BCUT2D eigenvalue weighted by Gasteiger charge is 2.32. The van der Waals surface area contributed by atoms with E-state index < -0.39 is 0 Å². The van der Waals surface area contributed by atoms with Crippen LogP contribution in [0.15, 0.2) is 0 Å². The minimum Gasteiger partial charge on any atom is -0.391 e. The fourth-order valence-corrected chi connectivity index (χ4v) is 2.65. The van der Waals surface area contributed by atoms with E-state index in [4.69, 9.17) is 4.74 Å². The van der Waals surface area contributed by atoms with Crippen molar-refractivity contribution in [2.75, 3.05) is 13.7 Å². The number of rotatable bonds is 3. The minimum absolute atomic E-state index is 0.00417. The second kappa shape index (κ2) is 5.80.